The Morgan fingerprint density at radius 3 is 2.14 bits per heavy atom. The van der Waals surface area contributed by atoms with Gasteiger partial charge in [0.25, 0.3) is 0 Å². The first-order valence-corrected chi connectivity index (χ1v) is 18.8. The van der Waals surface area contributed by atoms with Crippen LogP contribution in [0.4, 0.5) is 5.69 Å². The minimum atomic E-state index is -0.873. The lowest BCUT2D eigenvalue weighted by Gasteiger charge is -2.72. The largest absolute Gasteiger partial charge is 0.497 e. The molecule has 7 unspecified atom stereocenters. The minimum absolute atomic E-state index is 0.00351. The highest BCUT2D eigenvalue weighted by Gasteiger charge is 2.70. The number of carbonyl (C=O) groups excluding carboxylic acids is 1. The molecule has 0 radical (unpaired) electrons. The Morgan fingerprint density at radius 1 is 0.837 bits per heavy atom. The highest BCUT2D eigenvalue weighted by Crippen LogP contribution is 2.77. The summed E-state index contributed by atoms with van der Waals surface area (Å²) in [5.74, 6) is 2.43. The second-order valence-corrected chi connectivity index (χ2v) is 17.3. The SMILES string of the molecule is C=CC.COc1ccc(NC(=O)C23CCCC2C2CCC4C5(C)CC=C(c6ccc(C(=O)O)cc6)C(C)(C)C5CCC4(C)[C@]2(C)CC3)cc1. The predicted molar refractivity (Wildman–Crippen MR) is 200 cm³/mol. The van der Waals surface area contributed by atoms with Gasteiger partial charge in [-0.15, -0.1) is 6.58 Å². The van der Waals surface area contributed by atoms with Crippen LogP contribution in [0.15, 0.2) is 67.3 Å². The molecule has 4 saturated carbocycles. The fourth-order valence-electron chi connectivity index (χ4n) is 12.8. The number of rotatable bonds is 5. The van der Waals surface area contributed by atoms with Crippen LogP contribution in [0.25, 0.3) is 5.57 Å². The van der Waals surface area contributed by atoms with Gasteiger partial charge in [-0.3, -0.25) is 4.79 Å². The maximum atomic E-state index is 14.2. The summed E-state index contributed by atoms with van der Waals surface area (Å²) >= 11 is 0. The third-order valence-corrected chi connectivity index (χ3v) is 15.2. The van der Waals surface area contributed by atoms with E-state index in [1.807, 2.05) is 43.3 Å². The van der Waals surface area contributed by atoms with E-state index in [0.717, 1.165) is 43.5 Å². The molecule has 2 N–H and O–H groups in total. The Morgan fingerprint density at radius 2 is 1.51 bits per heavy atom. The Hall–Kier alpha value is -3.34. The number of carboxylic acid groups (broad SMARTS) is 1. The van der Waals surface area contributed by atoms with Crippen LogP contribution in [-0.4, -0.2) is 24.1 Å². The first-order chi connectivity index (χ1) is 23.2. The molecule has 0 aromatic heterocycles. The van der Waals surface area contributed by atoms with Crippen molar-refractivity contribution in [3.63, 3.8) is 0 Å². The van der Waals surface area contributed by atoms with Crippen LogP contribution in [0, 0.1) is 50.7 Å². The molecule has 0 spiro atoms. The zero-order valence-corrected chi connectivity index (χ0v) is 31.0. The molecule has 8 atom stereocenters. The summed E-state index contributed by atoms with van der Waals surface area (Å²) in [5, 5.41) is 12.8. The maximum Gasteiger partial charge on any atom is 0.335 e. The average Bonchev–Trinajstić information content (AvgIpc) is 3.51. The van der Waals surface area contributed by atoms with Gasteiger partial charge >= 0.3 is 5.97 Å². The molecule has 0 bridgehead atoms. The van der Waals surface area contributed by atoms with Crippen molar-refractivity contribution in [2.24, 2.45) is 50.7 Å². The maximum absolute atomic E-state index is 14.2. The first-order valence-electron chi connectivity index (χ1n) is 18.8. The van der Waals surface area contributed by atoms with Gasteiger partial charge in [0, 0.05) is 5.69 Å². The topological polar surface area (TPSA) is 75.6 Å². The number of carboxylic acids is 1. The van der Waals surface area contributed by atoms with Crippen molar-refractivity contribution in [1.29, 1.82) is 0 Å². The van der Waals surface area contributed by atoms with Crippen molar-refractivity contribution in [3.8, 4) is 5.75 Å². The molecule has 2 aromatic carbocycles. The smallest absolute Gasteiger partial charge is 0.335 e. The highest BCUT2D eigenvalue weighted by atomic mass is 16.5. The summed E-state index contributed by atoms with van der Waals surface area (Å²) in [7, 11) is 1.67. The molecular weight excluding hydrogens is 606 g/mol. The molecule has 0 heterocycles. The number of ether oxygens (including phenoxy) is 1. The fourth-order valence-corrected chi connectivity index (χ4v) is 12.8. The van der Waals surface area contributed by atoms with E-state index in [0.29, 0.717) is 29.2 Å². The first kappa shape index (κ1) is 35.5. The van der Waals surface area contributed by atoms with Gasteiger partial charge in [-0.1, -0.05) is 65.3 Å². The number of anilines is 1. The van der Waals surface area contributed by atoms with Crippen LogP contribution >= 0.6 is 0 Å². The van der Waals surface area contributed by atoms with Crippen molar-refractivity contribution in [2.45, 2.75) is 106 Å². The number of allylic oxidation sites excluding steroid dienone is 3. The van der Waals surface area contributed by atoms with Crippen LogP contribution in [0.3, 0.4) is 0 Å². The van der Waals surface area contributed by atoms with Gasteiger partial charge in [-0.05, 0) is 158 Å². The van der Waals surface area contributed by atoms with E-state index in [1.54, 1.807) is 25.3 Å². The van der Waals surface area contributed by atoms with Crippen LogP contribution in [0.5, 0.6) is 5.75 Å². The average molecular weight is 666 g/mol. The molecule has 7 rings (SSSR count). The Bertz CT molecular complexity index is 1610. The molecule has 0 saturated heterocycles. The van der Waals surface area contributed by atoms with Gasteiger partial charge in [0.05, 0.1) is 18.1 Å². The number of carbonyl (C=O) groups is 2. The molecule has 49 heavy (non-hydrogen) atoms. The molecule has 2 aromatic rings. The van der Waals surface area contributed by atoms with E-state index in [2.05, 4.69) is 52.6 Å². The molecule has 5 aliphatic rings. The third kappa shape index (κ3) is 5.40. The van der Waals surface area contributed by atoms with E-state index >= 15 is 0 Å². The summed E-state index contributed by atoms with van der Waals surface area (Å²) in [6.45, 7) is 18.0. The van der Waals surface area contributed by atoms with E-state index < -0.39 is 5.97 Å². The number of methoxy groups -OCH3 is 1. The number of hydrogen-bond acceptors (Lipinski definition) is 3. The molecule has 5 heteroatoms. The quantitative estimate of drug-likeness (QED) is 0.312. The summed E-state index contributed by atoms with van der Waals surface area (Å²) in [6, 6.07) is 15.3. The molecule has 264 valence electrons. The molecule has 4 fully saturated rings. The molecule has 1 amide bonds. The fraction of sp³-hybridized carbons (Fsp3) is 0.591. The van der Waals surface area contributed by atoms with Gasteiger partial charge in [0.15, 0.2) is 0 Å². The number of benzene rings is 2. The van der Waals surface area contributed by atoms with Crippen molar-refractivity contribution in [3.05, 3.63) is 78.4 Å². The van der Waals surface area contributed by atoms with Gasteiger partial charge in [0.2, 0.25) is 5.91 Å². The summed E-state index contributed by atoms with van der Waals surface area (Å²) in [5.41, 5.74) is 4.19. The van der Waals surface area contributed by atoms with Crippen molar-refractivity contribution in [1.82, 2.24) is 0 Å². The van der Waals surface area contributed by atoms with Crippen molar-refractivity contribution >= 4 is 23.1 Å². The number of fused-ring (bicyclic) bond motifs is 7. The summed E-state index contributed by atoms with van der Waals surface area (Å²) in [6.07, 6.45) is 15.8. The predicted octanol–water partition coefficient (Wildman–Crippen LogP) is 11.1. The Labute approximate surface area is 295 Å². The summed E-state index contributed by atoms with van der Waals surface area (Å²) in [4.78, 5) is 25.7. The molecule has 0 aliphatic heterocycles. The van der Waals surface area contributed by atoms with Gasteiger partial charge in [-0.25, -0.2) is 4.79 Å². The monoisotopic (exact) mass is 665 g/mol. The lowest BCUT2D eigenvalue weighted by Crippen LogP contribution is -2.65. The van der Waals surface area contributed by atoms with Gasteiger partial charge in [-0.2, -0.15) is 0 Å². The number of amides is 1. The number of hydrogen-bond donors (Lipinski definition) is 2. The van der Waals surface area contributed by atoms with E-state index in [9.17, 15) is 14.7 Å². The summed E-state index contributed by atoms with van der Waals surface area (Å²) < 4.78 is 5.34. The van der Waals surface area contributed by atoms with Gasteiger partial charge in [0.1, 0.15) is 5.75 Å². The minimum Gasteiger partial charge on any atom is -0.497 e. The molecule has 5 aliphatic carbocycles. The van der Waals surface area contributed by atoms with Crippen LogP contribution in [-0.2, 0) is 4.79 Å². The third-order valence-electron chi connectivity index (χ3n) is 15.2. The number of nitrogens with one attached hydrogen (secondary N) is 1. The normalized spacial score (nSPS) is 37.0. The zero-order valence-electron chi connectivity index (χ0n) is 31.0. The lowest BCUT2D eigenvalue weighted by molar-refractivity contribution is -0.221. The van der Waals surface area contributed by atoms with Crippen molar-refractivity contribution < 1.29 is 19.4 Å². The zero-order chi connectivity index (χ0) is 35.4. The second-order valence-electron chi connectivity index (χ2n) is 17.3. The number of aromatic carboxylic acids is 1. The van der Waals surface area contributed by atoms with Crippen LogP contribution in [0.2, 0.25) is 0 Å². The van der Waals surface area contributed by atoms with Gasteiger partial charge < -0.3 is 15.2 Å². The van der Waals surface area contributed by atoms with Crippen molar-refractivity contribution in [2.75, 3.05) is 12.4 Å². The standard InChI is InChI=1S/C41H53NO4.C3H6/c1-37(2)30(26-9-11-27(12-10-26)35(43)44)19-22-38(3)33(37)20-23-40(5)34(38)18-17-31-32-8-7-21-41(32,25-24-39(31,40)4)36(45)42-28-13-15-29(46-6)16-14-28;1-3-2/h9-16,19,31-34H,7-8,17-18,20-25H2,1-6H3,(H,42,45)(H,43,44);3H,1H2,2H3/t31?,32?,33?,34?,38?,39-,40?,41?;/m1./s1. The van der Waals surface area contributed by atoms with E-state index in [1.165, 1.54) is 43.2 Å². The molecule has 5 nitrogen and oxygen atoms in total. The lowest BCUT2D eigenvalue weighted by atomic mass is 9.32. The molecular formula is C44H59NO4. The highest BCUT2D eigenvalue weighted by molar-refractivity contribution is 5.96. The van der Waals surface area contributed by atoms with Crippen LogP contribution in [0.1, 0.15) is 122 Å². The van der Waals surface area contributed by atoms with Crippen LogP contribution < -0.4 is 10.1 Å². The second kappa shape index (κ2) is 12.8. The van der Waals surface area contributed by atoms with E-state index in [4.69, 9.17) is 4.74 Å². The Kier molecular flexibility index (Phi) is 9.25. The van der Waals surface area contributed by atoms with E-state index in [-0.39, 0.29) is 33.0 Å². The Balaban J connectivity index is 0.00000134.